The van der Waals surface area contributed by atoms with Crippen LogP contribution in [0.25, 0.3) is 0 Å². The molecular formula is C8H10O6. The largest absolute Gasteiger partial charge is 0.479 e. The lowest BCUT2D eigenvalue weighted by atomic mass is 9.70. The van der Waals surface area contributed by atoms with Crippen LogP contribution in [0.1, 0.15) is 25.7 Å². The lowest BCUT2D eigenvalue weighted by molar-refractivity contribution is -0.533. The molecule has 0 spiro atoms. The second-order valence-corrected chi connectivity index (χ2v) is 3.64. The third-order valence-electron chi connectivity index (χ3n) is 2.98. The molecule has 1 aliphatic carbocycles. The molecule has 1 saturated heterocycles. The number of carboxylic acids is 2. The number of carbonyl (C=O) groups is 2. The molecule has 0 amide bonds. The molecule has 6 heteroatoms. The molecule has 0 aromatic carbocycles. The third kappa shape index (κ3) is 0.821. The van der Waals surface area contributed by atoms with Gasteiger partial charge in [0.15, 0.2) is 0 Å². The Kier molecular flexibility index (Phi) is 1.80. The minimum Gasteiger partial charge on any atom is -0.479 e. The predicted molar refractivity (Wildman–Crippen MR) is 41.4 cm³/mol. The molecule has 0 radical (unpaired) electrons. The normalized spacial score (nSPS) is 40.9. The zero-order chi connectivity index (χ0) is 10.4. The maximum Gasteiger partial charge on any atom is 0.343 e. The molecule has 2 rings (SSSR count). The van der Waals surface area contributed by atoms with Gasteiger partial charge in [0.25, 0.3) is 0 Å². The maximum absolute atomic E-state index is 11.0. The molecule has 78 valence electrons. The van der Waals surface area contributed by atoms with E-state index in [0.29, 0.717) is 12.8 Å². The van der Waals surface area contributed by atoms with Crippen LogP contribution in [0.15, 0.2) is 0 Å². The number of hydrogen-bond acceptors (Lipinski definition) is 4. The highest BCUT2D eigenvalue weighted by Crippen LogP contribution is 2.51. The van der Waals surface area contributed by atoms with Gasteiger partial charge in [-0.25, -0.2) is 19.4 Å². The van der Waals surface area contributed by atoms with E-state index in [1.54, 1.807) is 0 Å². The summed E-state index contributed by atoms with van der Waals surface area (Å²) in [5.74, 6) is -2.52. The van der Waals surface area contributed by atoms with Gasteiger partial charge in [-0.3, -0.25) is 0 Å². The van der Waals surface area contributed by atoms with E-state index in [4.69, 9.17) is 10.2 Å². The molecule has 2 unspecified atom stereocenters. The molecule has 2 N–H and O–H groups in total. The van der Waals surface area contributed by atoms with Gasteiger partial charge in [0.2, 0.25) is 11.2 Å². The molecule has 2 fully saturated rings. The quantitative estimate of drug-likeness (QED) is 0.620. The standard InChI is InChI=1S/C8H10O6/c9-5(10)7-3-1-2-4-8(7,6(11)12)14-13-7/h1-4H2,(H,9,10)(H,11,12). The average Bonchev–Trinajstić information content (AvgIpc) is 2.06. The van der Waals surface area contributed by atoms with Gasteiger partial charge < -0.3 is 10.2 Å². The van der Waals surface area contributed by atoms with Crippen molar-refractivity contribution in [2.45, 2.75) is 36.9 Å². The van der Waals surface area contributed by atoms with Gasteiger partial charge in [-0.1, -0.05) is 0 Å². The molecule has 0 bridgehead atoms. The van der Waals surface area contributed by atoms with Gasteiger partial charge in [0, 0.05) is 0 Å². The summed E-state index contributed by atoms with van der Waals surface area (Å²) in [6, 6.07) is 0. The molecule has 0 aromatic heterocycles. The zero-order valence-electron chi connectivity index (χ0n) is 7.36. The summed E-state index contributed by atoms with van der Waals surface area (Å²) in [6.07, 6.45) is 1.67. The van der Waals surface area contributed by atoms with Crippen molar-refractivity contribution in [3.05, 3.63) is 0 Å². The molecule has 6 nitrogen and oxygen atoms in total. The van der Waals surface area contributed by atoms with Crippen LogP contribution in [0.3, 0.4) is 0 Å². The summed E-state index contributed by atoms with van der Waals surface area (Å²) in [4.78, 5) is 31.1. The van der Waals surface area contributed by atoms with E-state index < -0.39 is 23.1 Å². The second-order valence-electron chi connectivity index (χ2n) is 3.64. The highest BCUT2D eigenvalue weighted by Gasteiger charge is 2.74. The van der Waals surface area contributed by atoms with Crippen LogP contribution >= 0.6 is 0 Å². The van der Waals surface area contributed by atoms with Crippen molar-refractivity contribution in [3.63, 3.8) is 0 Å². The van der Waals surface area contributed by atoms with E-state index in [9.17, 15) is 9.59 Å². The maximum atomic E-state index is 11.0. The van der Waals surface area contributed by atoms with Crippen LogP contribution in [-0.4, -0.2) is 33.4 Å². The number of aliphatic carboxylic acids is 2. The lowest BCUT2D eigenvalue weighted by Crippen LogP contribution is -2.75. The van der Waals surface area contributed by atoms with E-state index in [1.165, 1.54) is 0 Å². The summed E-state index contributed by atoms with van der Waals surface area (Å²) in [5.41, 5.74) is -3.34. The minimum atomic E-state index is -1.67. The fraction of sp³-hybridized carbons (Fsp3) is 0.750. The van der Waals surface area contributed by atoms with Crippen molar-refractivity contribution in [2.24, 2.45) is 0 Å². The highest BCUT2D eigenvalue weighted by molar-refractivity contribution is 5.92. The van der Waals surface area contributed by atoms with E-state index in [1.807, 2.05) is 0 Å². The molecule has 1 saturated carbocycles. The highest BCUT2D eigenvalue weighted by atomic mass is 17.3. The van der Waals surface area contributed by atoms with Gasteiger partial charge in [0.05, 0.1) is 0 Å². The van der Waals surface area contributed by atoms with E-state index in [2.05, 4.69) is 9.78 Å². The van der Waals surface area contributed by atoms with Gasteiger partial charge >= 0.3 is 11.9 Å². The van der Waals surface area contributed by atoms with Crippen molar-refractivity contribution >= 4 is 11.9 Å². The Labute approximate surface area is 79.4 Å². The summed E-state index contributed by atoms with van der Waals surface area (Å²) in [5, 5.41) is 17.9. The second kappa shape index (κ2) is 2.68. The Bertz CT molecular complexity index is 270. The van der Waals surface area contributed by atoms with Gasteiger partial charge in [-0.2, -0.15) is 0 Å². The van der Waals surface area contributed by atoms with Crippen LogP contribution < -0.4 is 0 Å². The summed E-state index contributed by atoms with van der Waals surface area (Å²) >= 11 is 0. The zero-order valence-corrected chi connectivity index (χ0v) is 7.36. The topological polar surface area (TPSA) is 93.1 Å². The summed E-state index contributed by atoms with van der Waals surface area (Å²) in [7, 11) is 0. The van der Waals surface area contributed by atoms with Crippen molar-refractivity contribution in [1.29, 1.82) is 0 Å². The molecule has 1 aliphatic heterocycles. The van der Waals surface area contributed by atoms with Crippen molar-refractivity contribution in [2.75, 3.05) is 0 Å². The lowest BCUT2D eigenvalue weighted by Gasteiger charge is -2.52. The molecule has 14 heavy (non-hydrogen) atoms. The van der Waals surface area contributed by atoms with Crippen LogP contribution in [-0.2, 0) is 19.4 Å². The van der Waals surface area contributed by atoms with E-state index >= 15 is 0 Å². The summed E-state index contributed by atoms with van der Waals surface area (Å²) < 4.78 is 0. The minimum absolute atomic E-state index is 0.189. The Morgan fingerprint density at radius 2 is 1.29 bits per heavy atom. The number of hydrogen-bond donors (Lipinski definition) is 2. The van der Waals surface area contributed by atoms with Crippen LogP contribution in [0.2, 0.25) is 0 Å². The SMILES string of the molecule is O=C(O)C12CCCCC1(C(=O)O)OO2. The Hall–Kier alpha value is -1.14. The monoisotopic (exact) mass is 202 g/mol. The molecule has 0 aromatic rings. The molecule has 2 atom stereocenters. The van der Waals surface area contributed by atoms with Crippen molar-refractivity contribution in [3.8, 4) is 0 Å². The number of carboxylic acid groups (broad SMARTS) is 2. The smallest absolute Gasteiger partial charge is 0.343 e. The first kappa shape index (κ1) is 9.42. The van der Waals surface area contributed by atoms with Gasteiger partial charge in [0.1, 0.15) is 0 Å². The molecule has 1 heterocycles. The van der Waals surface area contributed by atoms with Gasteiger partial charge in [-0.15, -0.1) is 0 Å². The fourth-order valence-corrected chi connectivity index (χ4v) is 2.11. The van der Waals surface area contributed by atoms with Crippen LogP contribution in [0, 0.1) is 0 Å². The molecular weight excluding hydrogens is 192 g/mol. The number of fused-ring (bicyclic) bond motifs is 1. The first-order valence-electron chi connectivity index (χ1n) is 4.39. The average molecular weight is 202 g/mol. The van der Waals surface area contributed by atoms with Gasteiger partial charge in [-0.05, 0) is 25.7 Å². The van der Waals surface area contributed by atoms with E-state index in [-0.39, 0.29) is 12.8 Å². The Morgan fingerprint density at radius 1 is 0.929 bits per heavy atom. The van der Waals surface area contributed by atoms with Crippen LogP contribution in [0.4, 0.5) is 0 Å². The first-order chi connectivity index (χ1) is 6.55. The predicted octanol–water partition coefficient (Wildman–Crippen LogP) is 0.169. The van der Waals surface area contributed by atoms with Crippen molar-refractivity contribution in [1.82, 2.24) is 0 Å². The van der Waals surface area contributed by atoms with Crippen molar-refractivity contribution < 1.29 is 29.6 Å². The third-order valence-corrected chi connectivity index (χ3v) is 2.98. The molecule has 2 aliphatic rings. The Balaban J connectivity index is 2.38. The Morgan fingerprint density at radius 3 is 1.50 bits per heavy atom. The number of rotatable bonds is 2. The van der Waals surface area contributed by atoms with E-state index in [0.717, 1.165) is 0 Å². The van der Waals surface area contributed by atoms with Crippen LogP contribution in [0.5, 0.6) is 0 Å². The fourth-order valence-electron chi connectivity index (χ4n) is 2.11. The first-order valence-corrected chi connectivity index (χ1v) is 4.39. The summed E-state index contributed by atoms with van der Waals surface area (Å²) in [6.45, 7) is 0.